The van der Waals surface area contributed by atoms with E-state index in [0.29, 0.717) is 0 Å². The zero-order valence-corrected chi connectivity index (χ0v) is 16.4. The van der Waals surface area contributed by atoms with Gasteiger partial charge in [0.05, 0.1) is 5.97 Å². The number of aromatic carboxylic acids is 1. The molecule has 1 aromatic carbocycles. The molecule has 0 aliphatic rings. The van der Waals surface area contributed by atoms with Crippen molar-refractivity contribution in [2.24, 2.45) is 0 Å². The Hall–Kier alpha value is -0.310. The molecule has 0 fully saturated rings. The first-order chi connectivity index (χ1) is 10.2. The molecule has 22 heavy (non-hydrogen) atoms. The molecule has 0 radical (unpaired) electrons. The Balaban J connectivity index is 0.00000441. The van der Waals surface area contributed by atoms with Gasteiger partial charge < -0.3 is 9.90 Å². The van der Waals surface area contributed by atoms with Crippen molar-refractivity contribution in [1.29, 1.82) is 0 Å². The molecule has 0 heterocycles. The van der Waals surface area contributed by atoms with Gasteiger partial charge in [-0.05, 0) is 24.0 Å². The van der Waals surface area contributed by atoms with Gasteiger partial charge in [-0.15, -0.1) is 0 Å². The standard InChI is InChI=1S/C19H30O2.Na/c1-2-3-4-5-6-7-8-9-10-11-12-17-13-15-18(16-14-17)19(20)21;/h13-16H,2-12H2,1H3,(H,20,21);/q;+1/p-1. The second-order valence-electron chi connectivity index (χ2n) is 5.92. The van der Waals surface area contributed by atoms with Crippen molar-refractivity contribution in [3.05, 3.63) is 35.4 Å². The third-order valence-electron chi connectivity index (χ3n) is 4.01. The summed E-state index contributed by atoms with van der Waals surface area (Å²) in [6.45, 7) is 2.26. The van der Waals surface area contributed by atoms with E-state index >= 15 is 0 Å². The normalized spacial score (nSPS) is 10.2. The minimum atomic E-state index is -1.10. The molecule has 0 spiro atoms. The topological polar surface area (TPSA) is 40.1 Å². The van der Waals surface area contributed by atoms with Gasteiger partial charge in [-0.2, -0.15) is 0 Å². The molecule has 0 unspecified atom stereocenters. The first-order valence-corrected chi connectivity index (χ1v) is 8.54. The van der Waals surface area contributed by atoms with Crippen molar-refractivity contribution in [3.63, 3.8) is 0 Å². The molecule has 0 saturated heterocycles. The molecule has 2 nitrogen and oxygen atoms in total. The van der Waals surface area contributed by atoms with Crippen LogP contribution in [0, 0.1) is 0 Å². The number of hydrogen-bond acceptors (Lipinski definition) is 2. The maximum absolute atomic E-state index is 10.6. The zero-order valence-electron chi connectivity index (χ0n) is 14.4. The summed E-state index contributed by atoms with van der Waals surface area (Å²) in [7, 11) is 0. The van der Waals surface area contributed by atoms with Gasteiger partial charge in [0.15, 0.2) is 0 Å². The Labute approximate surface area is 158 Å². The Bertz CT molecular complexity index is 387. The van der Waals surface area contributed by atoms with Gasteiger partial charge in [0.25, 0.3) is 0 Å². The van der Waals surface area contributed by atoms with E-state index in [1.54, 1.807) is 12.1 Å². The number of rotatable bonds is 12. The van der Waals surface area contributed by atoms with E-state index in [4.69, 9.17) is 0 Å². The van der Waals surface area contributed by atoms with E-state index in [9.17, 15) is 9.90 Å². The molecule has 0 atom stereocenters. The minimum absolute atomic E-state index is 0. The van der Waals surface area contributed by atoms with Crippen LogP contribution in [0.2, 0.25) is 0 Å². The van der Waals surface area contributed by atoms with Crippen LogP contribution in [0.4, 0.5) is 0 Å². The van der Waals surface area contributed by atoms with Gasteiger partial charge >= 0.3 is 29.6 Å². The maximum Gasteiger partial charge on any atom is 1.00 e. The Morgan fingerprint density at radius 3 is 1.73 bits per heavy atom. The zero-order chi connectivity index (χ0) is 15.3. The summed E-state index contributed by atoms with van der Waals surface area (Å²) in [6.07, 6.45) is 14.5. The summed E-state index contributed by atoms with van der Waals surface area (Å²) in [5.74, 6) is -1.10. The van der Waals surface area contributed by atoms with Crippen LogP contribution in [0.3, 0.4) is 0 Å². The summed E-state index contributed by atoms with van der Waals surface area (Å²) in [4.78, 5) is 10.6. The number of carbonyl (C=O) groups is 1. The van der Waals surface area contributed by atoms with Gasteiger partial charge in [0, 0.05) is 0 Å². The molecular formula is C19H29NaO2. The van der Waals surface area contributed by atoms with Crippen molar-refractivity contribution in [2.45, 2.75) is 77.6 Å². The van der Waals surface area contributed by atoms with Crippen molar-refractivity contribution in [1.82, 2.24) is 0 Å². The Morgan fingerprint density at radius 1 is 0.818 bits per heavy atom. The maximum atomic E-state index is 10.6. The monoisotopic (exact) mass is 312 g/mol. The van der Waals surface area contributed by atoms with Gasteiger partial charge in [0.1, 0.15) is 0 Å². The number of unbranched alkanes of at least 4 members (excludes halogenated alkanes) is 9. The second-order valence-corrected chi connectivity index (χ2v) is 5.92. The minimum Gasteiger partial charge on any atom is -0.545 e. The first-order valence-electron chi connectivity index (χ1n) is 8.54. The third kappa shape index (κ3) is 10.4. The molecule has 0 aromatic heterocycles. The van der Waals surface area contributed by atoms with Crippen LogP contribution in [0.5, 0.6) is 0 Å². The van der Waals surface area contributed by atoms with Crippen LogP contribution < -0.4 is 34.7 Å². The molecule has 1 rings (SSSR count). The van der Waals surface area contributed by atoms with Crippen molar-refractivity contribution < 1.29 is 39.5 Å². The molecule has 1 aromatic rings. The fourth-order valence-corrected chi connectivity index (χ4v) is 2.62. The molecule has 0 bridgehead atoms. The fourth-order valence-electron chi connectivity index (χ4n) is 2.62. The molecule has 118 valence electrons. The van der Waals surface area contributed by atoms with Gasteiger partial charge in [-0.1, -0.05) is 89.0 Å². The summed E-state index contributed by atoms with van der Waals surface area (Å²) in [5.41, 5.74) is 1.49. The predicted molar refractivity (Wildman–Crippen MR) is 86.3 cm³/mol. The van der Waals surface area contributed by atoms with Crippen LogP contribution in [0.15, 0.2) is 24.3 Å². The van der Waals surface area contributed by atoms with E-state index in [1.165, 1.54) is 69.8 Å². The first kappa shape index (κ1) is 21.7. The SMILES string of the molecule is CCCCCCCCCCCCc1ccc(C(=O)[O-])cc1.[Na+]. The predicted octanol–water partition coefficient (Wildman–Crippen LogP) is 1.52. The van der Waals surface area contributed by atoms with E-state index in [1.807, 2.05) is 12.1 Å². The second kappa shape index (κ2) is 14.3. The van der Waals surface area contributed by atoms with Crippen molar-refractivity contribution in [2.75, 3.05) is 0 Å². The number of carboxylic acid groups (broad SMARTS) is 1. The smallest absolute Gasteiger partial charge is 0.545 e. The van der Waals surface area contributed by atoms with Crippen LogP contribution in [-0.2, 0) is 6.42 Å². The largest absolute Gasteiger partial charge is 1.00 e. The van der Waals surface area contributed by atoms with Crippen LogP contribution in [-0.4, -0.2) is 5.97 Å². The molecule has 0 N–H and O–H groups in total. The molecule has 0 saturated carbocycles. The van der Waals surface area contributed by atoms with Gasteiger partial charge in [-0.3, -0.25) is 0 Å². The average Bonchev–Trinajstić information content (AvgIpc) is 2.49. The van der Waals surface area contributed by atoms with Crippen LogP contribution in [0.1, 0.15) is 87.1 Å². The fraction of sp³-hybridized carbons (Fsp3) is 0.632. The average molecular weight is 312 g/mol. The molecule has 0 aliphatic carbocycles. The Morgan fingerprint density at radius 2 is 1.27 bits per heavy atom. The van der Waals surface area contributed by atoms with Crippen molar-refractivity contribution in [3.8, 4) is 0 Å². The van der Waals surface area contributed by atoms with E-state index in [2.05, 4.69) is 6.92 Å². The van der Waals surface area contributed by atoms with Crippen molar-refractivity contribution >= 4 is 5.97 Å². The number of aryl methyl sites for hydroxylation is 1. The molecule has 0 amide bonds. The summed E-state index contributed by atoms with van der Waals surface area (Å²) < 4.78 is 0. The third-order valence-corrected chi connectivity index (χ3v) is 4.01. The van der Waals surface area contributed by atoms with Gasteiger partial charge in [-0.25, -0.2) is 0 Å². The van der Waals surface area contributed by atoms with Gasteiger partial charge in [0.2, 0.25) is 0 Å². The quantitative estimate of drug-likeness (QED) is 0.434. The summed E-state index contributed by atoms with van der Waals surface area (Å²) in [5, 5.41) is 10.6. The molecular weight excluding hydrogens is 283 g/mol. The van der Waals surface area contributed by atoms with E-state index in [-0.39, 0.29) is 35.1 Å². The number of benzene rings is 1. The van der Waals surface area contributed by atoms with Crippen LogP contribution >= 0.6 is 0 Å². The van der Waals surface area contributed by atoms with E-state index in [0.717, 1.165) is 6.42 Å². The number of carbonyl (C=O) groups excluding carboxylic acids is 1. The number of carboxylic acids is 1. The molecule has 3 heteroatoms. The molecule has 0 aliphatic heterocycles. The van der Waals surface area contributed by atoms with Crippen LogP contribution in [0.25, 0.3) is 0 Å². The summed E-state index contributed by atoms with van der Waals surface area (Å²) >= 11 is 0. The Kier molecular flexibility index (Phi) is 14.1. The number of hydrogen-bond donors (Lipinski definition) is 0. The van der Waals surface area contributed by atoms with E-state index < -0.39 is 5.97 Å². The summed E-state index contributed by atoms with van der Waals surface area (Å²) in [6, 6.07) is 7.08.